The number of aryl methyl sites for hydroxylation is 1. The third-order valence-corrected chi connectivity index (χ3v) is 7.46. The van der Waals surface area contributed by atoms with E-state index in [9.17, 15) is 9.59 Å². The van der Waals surface area contributed by atoms with Crippen molar-refractivity contribution in [2.45, 2.75) is 46.6 Å². The highest BCUT2D eigenvalue weighted by Crippen LogP contribution is 2.35. The summed E-state index contributed by atoms with van der Waals surface area (Å²) in [6.07, 6.45) is 1.90. The normalized spacial score (nSPS) is 15.5. The number of hydrogen-bond acceptors (Lipinski definition) is 7. The Morgan fingerprint density at radius 2 is 1.84 bits per heavy atom. The molecule has 2 aromatic carbocycles. The molecule has 0 aliphatic carbocycles. The molecule has 7 nitrogen and oxygen atoms in total. The van der Waals surface area contributed by atoms with Gasteiger partial charge in [0, 0.05) is 5.56 Å². The lowest BCUT2D eigenvalue weighted by Gasteiger charge is -2.25. The molecule has 1 aromatic heterocycles. The van der Waals surface area contributed by atoms with Crippen molar-refractivity contribution in [1.82, 2.24) is 4.57 Å². The third-order valence-electron chi connectivity index (χ3n) is 6.48. The fraction of sp³-hybridized carbons (Fsp3) is 0.345. The van der Waals surface area contributed by atoms with Gasteiger partial charge in [-0.05, 0) is 67.7 Å². The van der Waals surface area contributed by atoms with E-state index in [4.69, 9.17) is 14.2 Å². The summed E-state index contributed by atoms with van der Waals surface area (Å²) in [6, 6.07) is 10.7. The van der Waals surface area contributed by atoms with E-state index in [-0.39, 0.29) is 18.1 Å². The van der Waals surface area contributed by atoms with Crippen LogP contribution in [0.2, 0.25) is 0 Å². The van der Waals surface area contributed by atoms with E-state index in [1.165, 1.54) is 11.3 Å². The average molecular weight is 521 g/mol. The number of fused-ring (bicyclic) bond motifs is 1. The molecule has 37 heavy (non-hydrogen) atoms. The van der Waals surface area contributed by atoms with Crippen LogP contribution in [-0.2, 0) is 9.53 Å². The number of benzene rings is 2. The number of rotatable bonds is 7. The summed E-state index contributed by atoms with van der Waals surface area (Å²) in [4.78, 5) is 32.2. The quantitative estimate of drug-likeness (QED) is 0.435. The standard InChI is InChI=1S/C29H32N2O5S/c1-8-36-28(33)25-18(5)30-29-31(26(25)20-11-9-10-12-22(20)34-6)27(32)24(37-29)15-19-14-21(16(2)3)23(35-7)13-17(19)4/h9-16,26H,8H2,1-7H3. The number of allylic oxidation sites excluding steroid dienone is 1. The van der Waals surface area contributed by atoms with Gasteiger partial charge >= 0.3 is 5.97 Å². The second-order valence-electron chi connectivity index (χ2n) is 9.15. The van der Waals surface area contributed by atoms with Crippen LogP contribution in [0.15, 0.2) is 57.5 Å². The van der Waals surface area contributed by atoms with Crippen LogP contribution < -0.4 is 24.4 Å². The van der Waals surface area contributed by atoms with Crippen molar-refractivity contribution in [2.75, 3.05) is 20.8 Å². The smallest absolute Gasteiger partial charge is 0.338 e. The molecule has 194 valence electrons. The van der Waals surface area contributed by atoms with Crippen LogP contribution in [0.3, 0.4) is 0 Å². The first kappa shape index (κ1) is 26.4. The first-order valence-electron chi connectivity index (χ1n) is 12.2. The highest BCUT2D eigenvalue weighted by Gasteiger charge is 2.35. The Balaban J connectivity index is 1.99. The summed E-state index contributed by atoms with van der Waals surface area (Å²) >= 11 is 1.30. The summed E-state index contributed by atoms with van der Waals surface area (Å²) in [7, 11) is 3.24. The number of aromatic nitrogens is 1. The van der Waals surface area contributed by atoms with Gasteiger partial charge in [-0.15, -0.1) is 0 Å². The molecule has 0 N–H and O–H groups in total. The van der Waals surface area contributed by atoms with E-state index in [2.05, 4.69) is 24.9 Å². The minimum absolute atomic E-state index is 0.216. The number of esters is 1. The molecular formula is C29H32N2O5S. The van der Waals surface area contributed by atoms with Crippen LogP contribution in [0, 0.1) is 6.92 Å². The van der Waals surface area contributed by atoms with E-state index in [1.54, 1.807) is 32.6 Å². The van der Waals surface area contributed by atoms with Gasteiger partial charge in [0.15, 0.2) is 4.80 Å². The van der Waals surface area contributed by atoms with Gasteiger partial charge in [0.05, 0.1) is 36.6 Å². The van der Waals surface area contributed by atoms with Crippen molar-refractivity contribution in [3.8, 4) is 11.5 Å². The topological polar surface area (TPSA) is 79.1 Å². The number of ether oxygens (including phenoxy) is 3. The molecule has 0 fully saturated rings. The molecule has 1 unspecified atom stereocenters. The van der Waals surface area contributed by atoms with E-state index in [1.807, 2.05) is 43.3 Å². The van der Waals surface area contributed by atoms with Crippen LogP contribution in [0.1, 0.15) is 61.9 Å². The number of para-hydroxylation sites is 1. The monoisotopic (exact) mass is 520 g/mol. The Morgan fingerprint density at radius 1 is 1.14 bits per heavy atom. The molecule has 8 heteroatoms. The first-order chi connectivity index (χ1) is 17.7. The third kappa shape index (κ3) is 4.85. The van der Waals surface area contributed by atoms with Crippen molar-refractivity contribution in [1.29, 1.82) is 0 Å². The first-order valence-corrected chi connectivity index (χ1v) is 13.0. The van der Waals surface area contributed by atoms with Crippen molar-refractivity contribution in [2.24, 2.45) is 4.99 Å². The minimum Gasteiger partial charge on any atom is -0.496 e. The molecule has 4 rings (SSSR count). The molecule has 0 radical (unpaired) electrons. The van der Waals surface area contributed by atoms with Gasteiger partial charge in [-0.2, -0.15) is 0 Å². The maximum absolute atomic E-state index is 13.9. The number of nitrogens with zero attached hydrogens (tertiary/aromatic N) is 2. The SMILES string of the molecule is CCOC(=O)C1=C(C)N=c2sc(=Cc3cc(C(C)C)c(OC)cc3C)c(=O)n2C1c1ccccc1OC. The number of carbonyl (C=O) groups is 1. The van der Waals surface area contributed by atoms with Crippen molar-refractivity contribution in [3.05, 3.63) is 89.6 Å². The fourth-order valence-electron chi connectivity index (χ4n) is 4.62. The van der Waals surface area contributed by atoms with Crippen molar-refractivity contribution < 1.29 is 19.0 Å². The second kappa shape index (κ2) is 10.8. The summed E-state index contributed by atoms with van der Waals surface area (Å²) in [5.41, 5.74) is 4.31. The van der Waals surface area contributed by atoms with E-state index < -0.39 is 12.0 Å². The number of hydrogen-bond donors (Lipinski definition) is 0. The van der Waals surface area contributed by atoms with Gasteiger partial charge in [-0.25, -0.2) is 9.79 Å². The van der Waals surface area contributed by atoms with E-state index in [0.717, 1.165) is 22.4 Å². The zero-order valence-electron chi connectivity index (χ0n) is 22.2. The predicted octanol–water partition coefficient (Wildman–Crippen LogP) is 4.25. The predicted molar refractivity (Wildman–Crippen MR) is 145 cm³/mol. The molecule has 0 bridgehead atoms. The van der Waals surface area contributed by atoms with E-state index in [0.29, 0.717) is 31.9 Å². The Labute approximate surface area is 220 Å². The van der Waals surface area contributed by atoms with Gasteiger partial charge in [0.2, 0.25) is 0 Å². The average Bonchev–Trinajstić information content (AvgIpc) is 3.18. The van der Waals surface area contributed by atoms with Gasteiger partial charge < -0.3 is 14.2 Å². The minimum atomic E-state index is -0.725. The van der Waals surface area contributed by atoms with Crippen molar-refractivity contribution >= 4 is 23.4 Å². The summed E-state index contributed by atoms with van der Waals surface area (Å²) in [6.45, 7) is 9.96. The molecule has 0 saturated carbocycles. The zero-order chi connectivity index (χ0) is 26.9. The molecule has 1 atom stereocenters. The Bertz CT molecular complexity index is 1560. The second-order valence-corrected chi connectivity index (χ2v) is 10.2. The van der Waals surface area contributed by atoms with Crippen LogP contribution in [-0.4, -0.2) is 31.4 Å². The maximum atomic E-state index is 13.9. The molecule has 3 aromatic rings. The lowest BCUT2D eigenvalue weighted by atomic mass is 9.95. The Hall–Kier alpha value is -3.65. The molecule has 0 saturated heterocycles. The van der Waals surface area contributed by atoms with Gasteiger partial charge in [-0.1, -0.05) is 43.4 Å². The summed E-state index contributed by atoms with van der Waals surface area (Å²) in [5, 5.41) is 0. The maximum Gasteiger partial charge on any atom is 0.338 e. The number of carbonyl (C=O) groups excluding carboxylic acids is 1. The van der Waals surface area contributed by atoms with Crippen LogP contribution >= 0.6 is 11.3 Å². The molecule has 2 heterocycles. The summed E-state index contributed by atoms with van der Waals surface area (Å²) in [5.74, 6) is 1.16. The largest absolute Gasteiger partial charge is 0.496 e. The van der Waals surface area contributed by atoms with Gasteiger partial charge in [0.1, 0.15) is 17.5 Å². The number of methoxy groups -OCH3 is 2. The van der Waals surface area contributed by atoms with Gasteiger partial charge in [0.25, 0.3) is 5.56 Å². The highest BCUT2D eigenvalue weighted by molar-refractivity contribution is 7.07. The molecular weight excluding hydrogens is 488 g/mol. The lowest BCUT2D eigenvalue weighted by Crippen LogP contribution is -2.40. The van der Waals surface area contributed by atoms with Gasteiger partial charge in [-0.3, -0.25) is 9.36 Å². The van der Waals surface area contributed by atoms with Crippen molar-refractivity contribution in [3.63, 3.8) is 0 Å². The Morgan fingerprint density at radius 3 is 2.49 bits per heavy atom. The fourth-order valence-corrected chi connectivity index (χ4v) is 5.66. The van der Waals surface area contributed by atoms with Crippen LogP contribution in [0.25, 0.3) is 6.08 Å². The molecule has 1 aliphatic rings. The zero-order valence-corrected chi connectivity index (χ0v) is 23.1. The van der Waals surface area contributed by atoms with Crippen LogP contribution in [0.4, 0.5) is 0 Å². The van der Waals surface area contributed by atoms with E-state index >= 15 is 0 Å². The van der Waals surface area contributed by atoms with Crippen LogP contribution in [0.5, 0.6) is 11.5 Å². The molecule has 0 amide bonds. The summed E-state index contributed by atoms with van der Waals surface area (Å²) < 4.78 is 18.7. The highest BCUT2D eigenvalue weighted by atomic mass is 32.1. The molecule has 1 aliphatic heterocycles. The Kier molecular flexibility index (Phi) is 7.68. The lowest BCUT2D eigenvalue weighted by molar-refractivity contribution is -0.139. The molecule has 0 spiro atoms. The number of thiazole rings is 1.